The Balaban J connectivity index is -0.000000150. The first-order chi connectivity index (χ1) is 5.13. The second-order valence-corrected chi connectivity index (χ2v) is 1.76. The largest absolute Gasteiger partial charge is 1.00 e. The molecule has 12 heavy (non-hydrogen) atoms. The maximum absolute atomic E-state index is 7.17. The SMILES string of the molecule is Nc1ccccc1.OB(O)O.[H-].[Na+]. The van der Waals surface area contributed by atoms with Crippen molar-refractivity contribution in [2.45, 2.75) is 0 Å². The van der Waals surface area contributed by atoms with Gasteiger partial charge in [0.15, 0.2) is 0 Å². The van der Waals surface area contributed by atoms with Gasteiger partial charge in [0.1, 0.15) is 0 Å². The summed E-state index contributed by atoms with van der Waals surface area (Å²) < 4.78 is 0. The van der Waals surface area contributed by atoms with Crippen molar-refractivity contribution in [3.05, 3.63) is 30.3 Å². The molecule has 0 heterocycles. The van der Waals surface area contributed by atoms with Crippen LogP contribution >= 0.6 is 0 Å². The maximum Gasteiger partial charge on any atom is 1.00 e. The standard InChI is InChI=1S/C6H7N.BH3O3.Na.H/c7-6-4-2-1-3-5-6;2-1(3)4;;/h1-5H,7H2;2-4H;;/q;;+1;-1. The minimum Gasteiger partial charge on any atom is -1.00 e. The van der Waals surface area contributed by atoms with Crippen LogP contribution in [0.3, 0.4) is 0 Å². The quantitative estimate of drug-likeness (QED) is 0.244. The van der Waals surface area contributed by atoms with Gasteiger partial charge < -0.3 is 22.2 Å². The van der Waals surface area contributed by atoms with Crippen molar-refractivity contribution >= 4 is 13.0 Å². The van der Waals surface area contributed by atoms with Gasteiger partial charge in [-0.05, 0) is 12.1 Å². The van der Waals surface area contributed by atoms with Gasteiger partial charge in [-0.2, -0.15) is 0 Å². The van der Waals surface area contributed by atoms with Gasteiger partial charge in [0, 0.05) is 5.69 Å². The molecule has 62 valence electrons. The summed E-state index contributed by atoms with van der Waals surface area (Å²) in [5.41, 5.74) is 6.18. The number of anilines is 1. The average molecular weight is 179 g/mol. The van der Waals surface area contributed by atoms with E-state index >= 15 is 0 Å². The molecular weight excluding hydrogens is 168 g/mol. The van der Waals surface area contributed by atoms with Crippen molar-refractivity contribution in [3.63, 3.8) is 0 Å². The Morgan fingerprint density at radius 1 is 1.08 bits per heavy atom. The first-order valence-electron chi connectivity index (χ1n) is 2.97. The fourth-order valence-electron chi connectivity index (χ4n) is 0.453. The zero-order valence-electron chi connectivity index (χ0n) is 7.88. The molecule has 0 atom stereocenters. The Labute approximate surface area is 95.0 Å². The van der Waals surface area contributed by atoms with Crippen LogP contribution in [-0.4, -0.2) is 22.4 Å². The molecule has 0 spiro atoms. The van der Waals surface area contributed by atoms with Crippen LogP contribution < -0.4 is 35.3 Å². The topological polar surface area (TPSA) is 86.7 Å². The smallest absolute Gasteiger partial charge is 1.00 e. The van der Waals surface area contributed by atoms with Crippen LogP contribution in [0.25, 0.3) is 0 Å². The third kappa shape index (κ3) is 12.6. The normalized spacial score (nSPS) is 7.25. The maximum atomic E-state index is 7.17. The summed E-state index contributed by atoms with van der Waals surface area (Å²) >= 11 is 0. The van der Waals surface area contributed by atoms with Crippen molar-refractivity contribution in [2.24, 2.45) is 0 Å². The molecule has 0 aliphatic rings. The van der Waals surface area contributed by atoms with Gasteiger partial charge in [-0.1, -0.05) is 18.2 Å². The zero-order chi connectivity index (χ0) is 8.69. The first-order valence-corrected chi connectivity index (χ1v) is 2.97. The van der Waals surface area contributed by atoms with E-state index in [1.807, 2.05) is 30.3 Å². The summed E-state index contributed by atoms with van der Waals surface area (Å²) in [5.74, 6) is 0. The van der Waals surface area contributed by atoms with Crippen LogP contribution in [0.2, 0.25) is 0 Å². The van der Waals surface area contributed by atoms with Crippen LogP contribution in [0.4, 0.5) is 5.69 Å². The molecule has 0 bridgehead atoms. The third-order valence-electron chi connectivity index (χ3n) is 0.800. The minimum absolute atomic E-state index is 0. The molecule has 0 saturated carbocycles. The summed E-state index contributed by atoms with van der Waals surface area (Å²) in [4.78, 5) is 0. The van der Waals surface area contributed by atoms with E-state index in [-0.39, 0.29) is 31.0 Å². The van der Waals surface area contributed by atoms with Crippen molar-refractivity contribution in [3.8, 4) is 0 Å². The minimum atomic E-state index is -2.17. The average Bonchev–Trinajstić information content (AvgIpc) is 1.87. The van der Waals surface area contributed by atoms with Crippen molar-refractivity contribution < 1.29 is 46.1 Å². The summed E-state index contributed by atoms with van der Waals surface area (Å²) in [5, 5.41) is 21.5. The Bertz CT molecular complexity index is 188. The second kappa shape index (κ2) is 9.06. The molecule has 0 saturated heterocycles. The molecule has 0 amide bonds. The van der Waals surface area contributed by atoms with E-state index in [9.17, 15) is 0 Å². The van der Waals surface area contributed by atoms with E-state index < -0.39 is 7.32 Å². The fraction of sp³-hybridized carbons (Fsp3) is 0. The van der Waals surface area contributed by atoms with Gasteiger partial charge >= 0.3 is 36.9 Å². The van der Waals surface area contributed by atoms with Crippen molar-refractivity contribution in [1.82, 2.24) is 0 Å². The molecule has 1 aromatic carbocycles. The molecule has 0 aromatic heterocycles. The van der Waals surface area contributed by atoms with E-state index in [4.69, 9.17) is 20.8 Å². The van der Waals surface area contributed by atoms with E-state index in [2.05, 4.69) is 0 Å². The molecule has 0 radical (unpaired) electrons. The molecule has 0 aliphatic heterocycles. The van der Waals surface area contributed by atoms with Crippen LogP contribution in [-0.2, 0) is 0 Å². The summed E-state index contributed by atoms with van der Waals surface area (Å²) in [7, 11) is -2.17. The van der Waals surface area contributed by atoms with Gasteiger partial charge in [-0.25, -0.2) is 0 Å². The van der Waals surface area contributed by atoms with Gasteiger partial charge in [-0.15, -0.1) is 0 Å². The summed E-state index contributed by atoms with van der Waals surface area (Å²) in [6.45, 7) is 0. The number of rotatable bonds is 0. The zero-order valence-corrected chi connectivity index (χ0v) is 8.88. The second-order valence-electron chi connectivity index (χ2n) is 1.76. The van der Waals surface area contributed by atoms with Gasteiger partial charge in [0.25, 0.3) is 0 Å². The number of para-hydroxylation sites is 1. The molecule has 5 N–H and O–H groups in total. The number of benzene rings is 1. The Morgan fingerprint density at radius 3 is 1.58 bits per heavy atom. The van der Waals surface area contributed by atoms with Crippen LogP contribution in [0.5, 0.6) is 0 Å². The molecule has 4 nitrogen and oxygen atoms in total. The first kappa shape index (κ1) is 14.5. The van der Waals surface area contributed by atoms with Crippen LogP contribution in [0, 0.1) is 0 Å². The van der Waals surface area contributed by atoms with Gasteiger partial charge in [-0.3, -0.25) is 0 Å². The predicted octanol–water partition coefficient (Wildman–Crippen LogP) is -3.67. The van der Waals surface area contributed by atoms with E-state index in [0.29, 0.717) is 0 Å². The van der Waals surface area contributed by atoms with Crippen LogP contribution in [0.15, 0.2) is 30.3 Å². The summed E-state index contributed by atoms with van der Waals surface area (Å²) in [6.07, 6.45) is 0. The molecule has 0 aliphatic carbocycles. The molecule has 1 rings (SSSR count). The number of nitrogen functional groups attached to an aromatic ring is 1. The summed E-state index contributed by atoms with van der Waals surface area (Å²) in [6, 6.07) is 9.49. The van der Waals surface area contributed by atoms with Crippen molar-refractivity contribution in [1.29, 1.82) is 0 Å². The predicted molar refractivity (Wildman–Crippen MR) is 44.4 cm³/mol. The number of nitrogens with two attached hydrogens (primary N) is 1. The van der Waals surface area contributed by atoms with E-state index in [1.165, 1.54) is 0 Å². The molecule has 0 unspecified atom stereocenters. The van der Waals surface area contributed by atoms with E-state index in [0.717, 1.165) is 5.69 Å². The molecule has 0 fully saturated rings. The van der Waals surface area contributed by atoms with Crippen molar-refractivity contribution in [2.75, 3.05) is 5.73 Å². The fourth-order valence-corrected chi connectivity index (χ4v) is 0.453. The molecule has 6 heteroatoms. The number of hydrogen-bond acceptors (Lipinski definition) is 4. The molecule has 1 aromatic rings. The van der Waals surface area contributed by atoms with Crippen LogP contribution in [0.1, 0.15) is 1.43 Å². The van der Waals surface area contributed by atoms with Gasteiger partial charge in [0.05, 0.1) is 0 Å². The monoisotopic (exact) mass is 179 g/mol. The Hall–Kier alpha value is -0.0351. The Morgan fingerprint density at radius 2 is 1.42 bits per heavy atom. The Kier molecular flexibility index (Phi) is 10.9. The number of hydrogen-bond donors (Lipinski definition) is 4. The van der Waals surface area contributed by atoms with Gasteiger partial charge in [0.2, 0.25) is 0 Å². The molecular formula is C6H11BNNaO3. The third-order valence-corrected chi connectivity index (χ3v) is 0.800. The van der Waals surface area contributed by atoms with E-state index in [1.54, 1.807) is 0 Å².